The normalized spacial score (nSPS) is 11.1. The molecule has 1 aromatic carbocycles. The topological polar surface area (TPSA) is 84.7 Å². The van der Waals surface area contributed by atoms with E-state index in [4.69, 9.17) is 10.5 Å². The summed E-state index contributed by atoms with van der Waals surface area (Å²) in [5, 5.41) is 2.73. The van der Waals surface area contributed by atoms with Crippen LogP contribution in [0, 0.1) is 0 Å². The quantitative estimate of drug-likeness (QED) is 0.834. The number of hydrogen-bond acceptors (Lipinski definition) is 4. The lowest BCUT2D eigenvalue weighted by atomic mass is 10.1. The zero-order chi connectivity index (χ0) is 16.0. The third-order valence-electron chi connectivity index (χ3n) is 3.05. The minimum Gasteiger partial charge on any atom is -0.495 e. The van der Waals surface area contributed by atoms with Gasteiger partial charge in [-0.25, -0.2) is 0 Å². The van der Waals surface area contributed by atoms with Crippen molar-refractivity contribution in [2.45, 2.75) is 25.8 Å². The van der Waals surface area contributed by atoms with Gasteiger partial charge < -0.3 is 20.7 Å². The van der Waals surface area contributed by atoms with Crippen LogP contribution in [0.2, 0.25) is 0 Å². The first-order valence-corrected chi connectivity index (χ1v) is 6.86. The van der Waals surface area contributed by atoms with E-state index in [0.29, 0.717) is 23.4 Å². The zero-order valence-corrected chi connectivity index (χ0v) is 14.2. The standard InChI is InChI=1S/C15H23N3O3.ClH/c1-5-6-11(16)14(19)17-12-8-7-10(9-13(12)21-4)15(20)18(2)3;/h7-9,11H,5-6,16H2,1-4H3,(H,17,19);1H. The number of halogens is 1. The van der Waals surface area contributed by atoms with Gasteiger partial charge in [0.15, 0.2) is 0 Å². The van der Waals surface area contributed by atoms with Crippen LogP contribution in [0.4, 0.5) is 5.69 Å². The molecule has 0 bridgehead atoms. The van der Waals surface area contributed by atoms with Crippen LogP contribution in [0.1, 0.15) is 30.1 Å². The average Bonchev–Trinajstić information content (AvgIpc) is 2.46. The maximum Gasteiger partial charge on any atom is 0.253 e. The summed E-state index contributed by atoms with van der Waals surface area (Å²) < 4.78 is 5.23. The number of carbonyl (C=O) groups is 2. The van der Waals surface area contributed by atoms with Crippen LogP contribution in [-0.2, 0) is 4.79 Å². The van der Waals surface area contributed by atoms with Crippen LogP contribution in [0.15, 0.2) is 18.2 Å². The second-order valence-electron chi connectivity index (χ2n) is 5.00. The van der Waals surface area contributed by atoms with E-state index in [1.54, 1.807) is 32.3 Å². The number of hydrogen-bond donors (Lipinski definition) is 2. The molecule has 0 radical (unpaired) electrons. The largest absolute Gasteiger partial charge is 0.495 e. The third kappa shape index (κ3) is 5.20. The minimum absolute atomic E-state index is 0. The van der Waals surface area contributed by atoms with Crippen molar-refractivity contribution in [1.29, 1.82) is 0 Å². The van der Waals surface area contributed by atoms with Gasteiger partial charge >= 0.3 is 0 Å². The maximum atomic E-state index is 11.9. The van der Waals surface area contributed by atoms with Crippen molar-refractivity contribution in [3.8, 4) is 5.75 Å². The molecule has 22 heavy (non-hydrogen) atoms. The molecule has 1 aromatic rings. The van der Waals surface area contributed by atoms with Crippen molar-refractivity contribution >= 4 is 29.9 Å². The highest BCUT2D eigenvalue weighted by molar-refractivity contribution is 5.98. The molecule has 0 aliphatic carbocycles. The van der Waals surface area contributed by atoms with Crippen LogP contribution >= 0.6 is 12.4 Å². The van der Waals surface area contributed by atoms with Gasteiger partial charge in [-0.2, -0.15) is 0 Å². The summed E-state index contributed by atoms with van der Waals surface area (Å²) in [4.78, 5) is 25.3. The van der Waals surface area contributed by atoms with Gasteiger partial charge in [0.1, 0.15) is 5.75 Å². The van der Waals surface area contributed by atoms with E-state index in [2.05, 4.69) is 5.32 Å². The summed E-state index contributed by atoms with van der Waals surface area (Å²) in [7, 11) is 4.84. The highest BCUT2D eigenvalue weighted by Crippen LogP contribution is 2.26. The van der Waals surface area contributed by atoms with Crippen LogP contribution in [0.5, 0.6) is 5.75 Å². The molecule has 0 saturated heterocycles. The minimum atomic E-state index is -0.553. The van der Waals surface area contributed by atoms with E-state index in [9.17, 15) is 9.59 Å². The van der Waals surface area contributed by atoms with E-state index in [1.807, 2.05) is 6.92 Å². The summed E-state index contributed by atoms with van der Waals surface area (Å²) in [6.07, 6.45) is 1.45. The summed E-state index contributed by atoms with van der Waals surface area (Å²) in [5.74, 6) is 0.0374. The Balaban J connectivity index is 0.00000441. The fourth-order valence-corrected chi connectivity index (χ4v) is 1.85. The Morgan fingerprint density at radius 2 is 2.00 bits per heavy atom. The summed E-state index contributed by atoms with van der Waals surface area (Å²) in [5.41, 5.74) is 6.77. The van der Waals surface area contributed by atoms with Gasteiger partial charge in [0.2, 0.25) is 5.91 Å². The highest BCUT2D eigenvalue weighted by Gasteiger charge is 2.16. The van der Waals surface area contributed by atoms with Gasteiger partial charge in [0.25, 0.3) is 5.91 Å². The number of benzene rings is 1. The van der Waals surface area contributed by atoms with Gasteiger partial charge in [0, 0.05) is 19.7 Å². The van der Waals surface area contributed by atoms with Crippen molar-refractivity contribution < 1.29 is 14.3 Å². The van der Waals surface area contributed by atoms with Gasteiger partial charge in [0.05, 0.1) is 18.8 Å². The highest BCUT2D eigenvalue weighted by atomic mass is 35.5. The Morgan fingerprint density at radius 3 is 2.50 bits per heavy atom. The van der Waals surface area contributed by atoms with Gasteiger partial charge in [-0.05, 0) is 24.6 Å². The molecular formula is C15H24ClN3O3. The monoisotopic (exact) mass is 329 g/mol. The molecule has 0 aliphatic heterocycles. The molecule has 0 heterocycles. The Hall–Kier alpha value is -1.79. The lowest BCUT2D eigenvalue weighted by molar-refractivity contribution is -0.117. The Bertz CT molecular complexity index is 521. The van der Waals surface area contributed by atoms with Crippen molar-refractivity contribution in [2.24, 2.45) is 5.73 Å². The maximum absolute atomic E-state index is 11.9. The van der Waals surface area contributed by atoms with E-state index < -0.39 is 6.04 Å². The first-order chi connectivity index (χ1) is 9.90. The zero-order valence-electron chi connectivity index (χ0n) is 13.4. The van der Waals surface area contributed by atoms with Gasteiger partial charge in [-0.3, -0.25) is 9.59 Å². The van der Waals surface area contributed by atoms with E-state index in [-0.39, 0.29) is 24.2 Å². The van der Waals surface area contributed by atoms with Crippen molar-refractivity contribution in [1.82, 2.24) is 4.90 Å². The number of ether oxygens (including phenoxy) is 1. The molecule has 2 amide bonds. The molecule has 6 nitrogen and oxygen atoms in total. The van der Waals surface area contributed by atoms with Crippen molar-refractivity contribution in [3.63, 3.8) is 0 Å². The number of amides is 2. The molecule has 0 fully saturated rings. The molecule has 0 spiro atoms. The molecule has 124 valence electrons. The van der Waals surface area contributed by atoms with Crippen LogP contribution in [0.25, 0.3) is 0 Å². The number of nitrogens with two attached hydrogens (primary N) is 1. The smallest absolute Gasteiger partial charge is 0.253 e. The second-order valence-corrected chi connectivity index (χ2v) is 5.00. The molecule has 0 aromatic heterocycles. The lowest BCUT2D eigenvalue weighted by Gasteiger charge is -2.16. The molecule has 1 unspecified atom stereocenters. The number of methoxy groups -OCH3 is 1. The number of carbonyl (C=O) groups excluding carboxylic acids is 2. The fraction of sp³-hybridized carbons (Fsp3) is 0.467. The first kappa shape index (κ1) is 20.2. The van der Waals surface area contributed by atoms with Crippen molar-refractivity contribution in [2.75, 3.05) is 26.5 Å². The molecule has 1 atom stereocenters. The second kappa shape index (κ2) is 9.27. The average molecular weight is 330 g/mol. The molecular weight excluding hydrogens is 306 g/mol. The predicted molar refractivity (Wildman–Crippen MR) is 89.8 cm³/mol. The first-order valence-electron chi connectivity index (χ1n) is 6.86. The molecule has 3 N–H and O–H groups in total. The van der Waals surface area contributed by atoms with Gasteiger partial charge in [-0.1, -0.05) is 13.3 Å². The summed E-state index contributed by atoms with van der Waals surface area (Å²) in [6.45, 7) is 1.97. The van der Waals surface area contributed by atoms with Gasteiger partial charge in [-0.15, -0.1) is 12.4 Å². The summed E-state index contributed by atoms with van der Waals surface area (Å²) in [6, 6.07) is 4.34. The number of rotatable bonds is 6. The van der Waals surface area contributed by atoms with E-state index in [0.717, 1.165) is 6.42 Å². The van der Waals surface area contributed by atoms with Crippen LogP contribution in [-0.4, -0.2) is 44.0 Å². The Kier molecular flexibility index (Phi) is 8.52. The van der Waals surface area contributed by atoms with Crippen molar-refractivity contribution in [3.05, 3.63) is 23.8 Å². The Morgan fingerprint density at radius 1 is 1.36 bits per heavy atom. The van der Waals surface area contributed by atoms with E-state index in [1.165, 1.54) is 12.0 Å². The molecule has 0 aliphatic rings. The summed E-state index contributed by atoms with van der Waals surface area (Å²) >= 11 is 0. The SMILES string of the molecule is CCCC(N)C(=O)Nc1ccc(C(=O)N(C)C)cc1OC.Cl. The van der Waals surface area contributed by atoms with E-state index >= 15 is 0 Å². The van der Waals surface area contributed by atoms with Crippen LogP contribution in [0.3, 0.4) is 0 Å². The fourth-order valence-electron chi connectivity index (χ4n) is 1.85. The predicted octanol–water partition coefficient (Wildman–Crippen LogP) is 1.88. The lowest BCUT2D eigenvalue weighted by Crippen LogP contribution is -2.35. The van der Waals surface area contributed by atoms with Crippen LogP contribution < -0.4 is 15.8 Å². The Labute approximate surface area is 137 Å². The third-order valence-corrected chi connectivity index (χ3v) is 3.05. The number of nitrogens with one attached hydrogen (secondary N) is 1. The molecule has 1 rings (SSSR count). The number of nitrogens with zero attached hydrogens (tertiary/aromatic N) is 1. The number of anilines is 1. The molecule has 0 saturated carbocycles. The molecule has 7 heteroatoms.